The van der Waals surface area contributed by atoms with Gasteiger partial charge in [0.2, 0.25) is 0 Å². The number of hydrogen-bond acceptors (Lipinski definition) is 4. The molecule has 0 fully saturated rings. The van der Waals surface area contributed by atoms with E-state index in [4.69, 9.17) is 5.11 Å². The Kier molecular flexibility index (Phi) is 4.36. The van der Waals surface area contributed by atoms with Crippen LogP contribution in [0.3, 0.4) is 0 Å². The van der Waals surface area contributed by atoms with Crippen LogP contribution in [-0.2, 0) is 11.3 Å². The van der Waals surface area contributed by atoms with Crippen LogP contribution in [0.25, 0.3) is 0 Å². The highest BCUT2D eigenvalue weighted by atomic mass is 19.2. The van der Waals surface area contributed by atoms with Crippen molar-refractivity contribution < 1.29 is 18.6 Å². The molecule has 0 aliphatic rings. The zero-order chi connectivity index (χ0) is 13.9. The summed E-state index contributed by atoms with van der Waals surface area (Å²) in [5, 5.41) is 8.72. The van der Waals surface area contributed by atoms with Crippen LogP contribution in [0.1, 0.15) is 5.56 Å². The van der Waals surface area contributed by atoms with Crippen molar-refractivity contribution in [2.75, 3.05) is 13.7 Å². The standard InChI is InChI=1S/C10H14F2N2O4/c1-6-3-14(9(17)13-8(6)16)4-7(11)10(12,5-15)18-2/h3,7,15H,4-5H2,1-2H3,(H,13,16,17). The molecule has 0 aliphatic carbocycles. The number of hydrogen-bond donors (Lipinski definition) is 2. The summed E-state index contributed by atoms with van der Waals surface area (Å²) < 4.78 is 32.3. The van der Waals surface area contributed by atoms with Gasteiger partial charge in [0.25, 0.3) is 11.4 Å². The van der Waals surface area contributed by atoms with E-state index in [9.17, 15) is 18.4 Å². The number of methoxy groups -OCH3 is 1. The van der Waals surface area contributed by atoms with Crippen LogP contribution in [0.5, 0.6) is 0 Å². The summed E-state index contributed by atoms with van der Waals surface area (Å²) in [6.07, 6.45) is -1.14. The van der Waals surface area contributed by atoms with Crippen molar-refractivity contribution in [1.29, 1.82) is 0 Å². The number of aliphatic hydroxyl groups is 1. The van der Waals surface area contributed by atoms with Crippen LogP contribution < -0.4 is 11.2 Å². The molecule has 0 saturated carbocycles. The van der Waals surface area contributed by atoms with Gasteiger partial charge >= 0.3 is 5.69 Å². The van der Waals surface area contributed by atoms with Crippen molar-refractivity contribution >= 4 is 0 Å². The Balaban J connectivity index is 3.02. The number of aliphatic hydroxyl groups excluding tert-OH is 1. The maximum absolute atomic E-state index is 13.6. The fourth-order valence-electron chi connectivity index (χ4n) is 1.35. The molecule has 2 atom stereocenters. The Morgan fingerprint density at radius 2 is 2.22 bits per heavy atom. The van der Waals surface area contributed by atoms with E-state index in [-0.39, 0.29) is 5.56 Å². The number of rotatable bonds is 5. The van der Waals surface area contributed by atoms with Gasteiger partial charge in [-0.05, 0) is 6.92 Å². The van der Waals surface area contributed by atoms with Gasteiger partial charge in [-0.1, -0.05) is 0 Å². The summed E-state index contributed by atoms with van der Waals surface area (Å²) in [4.78, 5) is 24.4. The van der Waals surface area contributed by atoms with Crippen LogP contribution in [-0.4, -0.2) is 40.4 Å². The second kappa shape index (κ2) is 5.40. The minimum atomic E-state index is -2.89. The Morgan fingerprint density at radius 3 is 2.72 bits per heavy atom. The lowest BCUT2D eigenvalue weighted by Gasteiger charge is -2.25. The van der Waals surface area contributed by atoms with Crippen molar-refractivity contribution in [3.63, 3.8) is 0 Å². The smallest absolute Gasteiger partial charge is 0.328 e. The Hall–Kier alpha value is -1.54. The second-order valence-electron chi connectivity index (χ2n) is 3.84. The third-order valence-corrected chi connectivity index (χ3v) is 2.57. The molecule has 102 valence electrons. The van der Waals surface area contributed by atoms with Crippen LogP contribution >= 0.6 is 0 Å². The van der Waals surface area contributed by atoms with Crippen LogP contribution in [0.15, 0.2) is 15.8 Å². The zero-order valence-electron chi connectivity index (χ0n) is 9.94. The number of aryl methyl sites for hydroxylation is 1. The van der Waals surface area contributed by atoms with Gasteiger partial charge in [-0.2, -0.15) is 0 Å². The summed E-state index contributed by atoms with van der Waals surface area (Å²) >= 11 is 0. The van der Waals surface area contributed by atoms with Crippen molar-refractivity contribution in [3.05, 3.63) is 32.6 Å². The van der Waals surface area contributed by atoms with Gasteiger partial charge < -0.3 is 9.84 Å². The molecule has 0 amide bonds. The minimum absolute atomic E-state index is 0.188. The van der Waals surface area contributed by atoms with Crippen LogP contribution in [0.2, 0.25) is 0 Å². The third kappa shape index (κ3) is 2.82. The minimum Gasteiger partial charge on any atom is -0.390 e. The maximum atomic E-state index is 13.6. The van der Waals surface area contributed by atoms with Crippen molar-refractivity contribution in [2.45, 2.75) is 25.5 Å². The average molecular weight is 264 g/mol. The molecular formula is C10H14F2N2O4. The van der Waals surface area contributed by atoms with Crippen molar-refractivity contribution in [2.24, 2.45) is 0 Å². The third-order valence-electron chi connectivity index (χ3n) is 2.57. The van der Waals surface area contributed by atoms with E-state index in [0.717, 1.165) is 17.9 Å². The lowest BCUT2D eigenvalue weighted by atomic mass is 10.2. The summed E-state index contributed by atoms with van der Waals surface area (Å²) in [6.45, 7) is -0.434. The summed E-state index contributed by atoms with van der Waals surface area (Å²) in [7, 11) is 0.906. The molecule has 1 heterocycles. The molecule has 0 bridgehead atoms. The topological polar surface area (TPSA) is 84.3 Å². The lowest BCUT2D eigenvalue weighted by Crippen LogP contribution is -2.45. The van der Waals surface area contributed by atoms with Gasteiger partial charge in [0, 0.05) is 18.9 Å². The quantitative estimate of drug-likeness (QED) is 0.750. The number of H-pyrrole nitrogens is 1. The molecule has 1 aromatic heterocycles. The molecule has 0 aliphatic heterocycles. The molecule has 0 aromatic carbocycles. The summed E-state index contributed by atoms with van der Waals surface area (Å²) in [6, 6.07) is 0. The highest BCUT2D eigenvalue weighted by Crippen LogP contribution is 2.20. The van der Waals surface area contributed by atoms with Gasteiger partial charge in [0.05, 0.1) is 6.54 Å². The molecule has 2 unspecified atom stereocenters. The number of alkyl halides is 2. The molecule has 8 heteroatoms. The number of aromatic nitrogens is 2. The average Bonchev–Trinajstić information content (AvgIpc) is 2.34. The molecule has 0 spiro atoms. The fraction of sp³-hybridized carbons (Fsp3) is 0.600. The first-order valence-electron chi connectivity index (χ1n) is 5.13. The van der Waals surface area contributed by atoms with Gasteiger partial charge in [-0.3, -0.25) is 14.3 Å². The molecule has 0 radical (unpaired) electrons. The number of ether oxygens (including phenoxy) is 1. The molecule has 0 saturated heterocycles. The first kappa shape index (κ1) is 14.5. The lowest BCUT2D eigenvalue weighted by molar-refractivity contribution is -0.194. The summed E-state index contributed by atoms with van der Waals surface area (Å²) in [5.41, 5.74) is -1.26. The number of nitrogens with one attached hydrogen (secondary N) is 1. The van der Waals surface area contributed by atoms with Gasteiger partial charge in [0.1, 0.15) is 6.61 Å². The summed E-state index contributed by atoms with van der Waals surface area (Å²) in [5.74, 6) is -2.89. The fourth-order valence-corrected chi connectivity index (χ4v) is 1.35. The highest BCUT2D eigenvalue weighted by molar-refractivity contribution is 5.01. The van der Waals surface area contributed by atoms with E-state index < -0.39 is 36.4 Å². The molecule has 6 nitrogen and oxygen atoms in total. The zero-order valence-corrected chi connectivity index (χ0v) is 9.94. The van der Waals surface area contributed by atoms with Gasteiger partial charge in [0.15, 0.2) is 6.17 Å². The maximum Gasteiger partial charge on any atom is 0.328 e. The predicted octanol–water partition coefficient (Wildman–Crippen LogP) is -0.512. The van der Waals surface area contributed by atoms with Crippen LogP contribution in [0.4, 0.5) is 8.78 Å². The largest absolute Gasteiger partial charge is 0.390 e. The Bertz CT molecular complexity index is 521. The van der Waals surface area contributed by atoms with E-state index in [1.807, 2.05) is 4.98 Å². The van der Waals surface area contributed by atoms with E-state index in [0.29, 0.717) is 0 Å². The number of halogens is 2. The molecule has 2 N–H and O–H groups in total. The van der Waals surface area contributed by atoms with E-state index >= 15 is 0 Å². The number of nitrogens with zero attached hydrogens (tertiary/aromatic N) is 1. The van der Waals surface area contributed by atoms with Gasteiger partial charge in [-0.25, -0.2) is 13.6 Å². The van der Waals surface area contributed by atoms with Crippen molar-refractivity contribution in [1.82, 2.24) is 9.55 Å². The van der Waals surface area contributed by atoms with E-state index in [1.165, 1.54) is 6.92 Å². The predicted molar refractivity (Wildman–Crippen MR) is 58.9 cm³/mol. The number of aromatic amines is 1. The SMILES string of the molecule is COC(F)(CO)C(F)Cn1cc(C)c(=O)[nH]c1=O. The van der Waals surface area contributed by atoms with Gasteiger partial charge in [-0.15, -0.1) is 0 Å². The van der Waals surface area contributed by atoms with Crippen molar-refractivity contribution in [3.8, 4) is 0 Å². The Labute approximate surface area is 101 Å². The highest BCUT2D eigenvalue weighted by Gasteiger charge is 2.39. The monoisotopic (exact) mass is 264 g/mol. The molecule has 1 rings (SSSR count). The van der Waals surface area contributed by atoms with E-state index in [2.05, 4.69) is 4.74 Å². The van der Waals surface area contributed by atoms with Crippen LogP contribution in [0, 0.1) is 6.92 Å². The normalized spacial score (nSPS) is 16.3. The van der Waals surface area contributed by atoms with E-state index in [1.54, 1.807) is 0 Å². The molecular weight excluding hydrogens is 250 g/mol. The Morgan fingerprint density at radius 1 is 1.61 bits per heavy atom. The molecule has 1 aromatic rings. The molecule has 18 heavy (non-hydrogen) atoms. The first-order valence-corrected chi connectivity index (χ1v) is 5.13. The second-order valence-corrected chi connectivity index (χ2v) is 3.84. The first-order chi connectivity index (χ1) is 8.34.